The van der Waals surface area contributed by atoms with Crippen LogP contribution in [0, 0.1) is 12.7 Å². The molecule has 1 aliphatic heterocycles. The van der Waals surface area contributed by atoms with Crippen LogP contribution in [-0.4, -0.2) is 38.0 Å². The Balaban J connectivity index is 0.00000320. The second kappa shape index (κ2) is 11.7. The lowest BCUT2D eigenvalue weighted by Crippen LogP contribution is -2.47. The van der Waals surface area contributed by atoms with Gasteiger partial charge in [0.1, 0.15) is 5.82 Å². The number of rotatable bonds is 6. The summed E-state index contributed by atoms with van der Waals surface area (Å²) in [5.41, 5.74) is 3.77. The summed E-state index contributed by atoms with van der Waals surface area (Å²) in [6, 6.07) is 13.3. The van der Waals surface area contributed by atoms with E-state index in [2.05, 4.69) is 38.0 Å². The summed E-state index contributed by atoms with van der Waals surface area (Å²) < 4.78 is 13.4. The van der Waals surface area contributed by atoms with Gasteiger partial charge in [-0.2, -0.15) is 0 Å². The Morgan fingerprint density at radius 3 is 2.57 bits per heavy atom. The molecule has 1 fully saturated rings. The molecule has 0 unspecified atom stereocenters. The lowest BCUT2D eigenvalue weighted by Gasteiger charge is -2.28. The highest BCUT2D eigenvalue weighted by molar-refractivity contribution is 14.0. The van der Waals surface area contributed by atoms with Crippen molar-refractivity contribution >= 4 is 41.5 Å². The zero-order chi connectivity index (χ0) is 20.6. The largest absolute Gasteiger partial charge is 0.360 e. The van der Waals surface area contributed by atoms with Crippen LogP contribution in [0.4, 0.5) is 10.1 Å². The standard InChI is InChI=1S/C22H28FN5O.HI/c1-3-24-22(27-14-18-6-9-20(23)16(2)12-18)26-13-17-4-7-19(8-5-17)28-11-10-25-21(29)15-28;/h4-9,12H,3,10-11,13-15H2,1-2H3,(H,25,29)(H2,24,26,27);1H. The van der Waals surface area contributed by atoms with Gasteiger partial charge in [-0.05, 0) is 48.7 Å². The van der Waals surface area contributed by atoms with Gasteiger partial charge in [0, 0.05) is 31.9 Å². The fourth-order valence-corrected chi connectivity index (χ4v) is 3.19. The number of halogens is 2. The van der Waals surface area contributed by atoms with Gasteiger partial charge >= 0.3 is 0 Å². The second-order valence-electron chi connectivity index (χ2n) is 7.07. The van der Waals surface area contributed by atoms with Crippen LogP contribution in [0.5, 0.6) is 0 Å². The number of guanidine groups is 1. The molecule has 3 N–H and O–H groups in total. The van der Waals surface area contributed by atoms with E-state index in [4.69, 9.17) is 0 Å². The van der Waals surface area contributed by atoms with Crippen molar-refractivity contribution in [3.8, 4) is 0 Å². The molecular weight excluding hydrogens is 496 g/mol. The molecule has 2 aromatic rings. The van der Waals surface area contributed by atoms with E-state index in [9.17, 15) is 9.18 Å². The van der Waals surface area contributed by atoms with Crippen molar-refractivity contribution in [1.82, 2.24) is 16.0 Å². The van der Waals surface area contributed by atoms with Crippen molar-refractivity contribution in [3.05, 3.63) is 65.0 Å². The first-order chi connectivity index (χ1) is 14.0. The normalized spacial score (nSPS) is 14.0. The number of anilines is 1. The summed E-state index contributed by atoms with van der Waals surface area (Å²) in [6.45, 7) is 7.54. The number of aryl methyl sites for hydroxylation is 1. The van der Waals surface area contributed by atoms with Gasteiger partial charge in [-0.25, -0.2) is 9.38 Å². The summed E-state index contributed by atoms with van der Waals surface area (Å²) in [4.78, 5) is 18.2. The van der Waals surface area contributed by atoms with Crippen LogP contribution in [0.15, 0.2) is 47.5 Å². The molecule has 0 saturated carbocycles. The third-order valence-electron chi connectivity index (χ3n) is 4.79. The van der Waals surface area contributed by atoms with Crippen LogP contribution >= 0.6 is 24.0 Å². The average Bonchev–Trinajstić information content (AvgIpc) is 2.73. The highest BCUT2D eigenvalue weighted by atomic mass is 127. The molecule has 1 heterocycles. The molecule has 1 amide bonds. The summed E-state index contributed by atoms with van der Waals surface area (Å²) in [6.07, 6.45) is 0. The third-order valence-corrected chi connectivity index (χ3v) is 4.79. The van der Waals surface area contributed by atoms with Crippen molar-refractivity contribution in [1.29, 1.82) is 0 Å². The van der Waals surface area contributed by atoms with Gasteiger partial charge in [-0.1, -0.05) is 24.3 Å². The van der Waals surface area contributed by atoms with E-state index in [1.807, 2.05) is 25.1 Å². The quantitative estimate of drug-likeness (QED) is 0.308. The van der Waals surface area contributed by atoms with E-state index < -0.39 is 0 Å². The van der Waals surface area contributed by atoms with Crippen LogP contribution in [0.2, 0.25) is 0 Å². The number of benzene rings is 2. The molecule has 0 bridgehead atoms. The number of carbonyl (C=O) groups excluding carboxylic acids is 1. The Labute approximate surface area is 194 Å². The van der Waals surface area contributed by atoms with Gasteiger partial charge in [0.25, 0.3) is 0 Å². The maximum atomic E-state index is 13.4. The van der Waals surface area contributed by atoms with Crippen molar-refractivity contribution in [2.75, 3.05) is 31.1 Å². The molecule has 30 heavy (non-hydrogen) atoms. The van der Waals surface area contributed by atoms with Crippen molar-refractivity contribution < 1.29 is 9.18 Å². The van der Waals surface area contributed by atoms with Gasteiger partial charge in [0.2, 0.25) is 5.91 Å². The number of nitrogens with one attached hydrogen (secondary N) is 3. The predicted molar refractivity (Wildman–Crippen MR) is 130 cm³/mol. The van der Waals surface area contributed by atoms with Gasteiger partial charge < -0.3 is 20.9 Å². The van der Waals surface area contributed by atoms with Crippen LogP contribution in [-0.2, 0) is 17.9 Å². The Bertz CT molecular complexity index is 872. The molecule has 2 aromatic carbocycles. The minimum absolute atomic E-state index is 0. The van der Waals surface area contributed by atoms with Crippen LogP contribution in [0.25, 0.3) is 0 Å². The first kappa shape index (κ1) is 23.9. The molecular formula is C22H29FIN5O. The smallest absolute Gasteiger partial charge is 0.239 e. The zero-order valence-corrected chi connectivity index (χ0v) is 19.7. The van der Waals surface area contributed by atoms with E-state index >= 15 is 0 Å². The molecule has 3 rings (SSSR count). The third kappa shape index (κ3) is 6.86. The van der Waals surface area contributed by atoms with E-state index in [1.165, 1.54) is 6.07 Å². The number of hydrogen-bond acceptors (Lipinski definition) is 3. The number of amides is 1. The van der Waals surface area contributed by atoms with Gasteiger partial charge in [-0.15, -0.1) is 24.0 Å². The zero-order valence-electron chi connectivity index (χ0n) is 17.4. The molecule has 8 heteroatoms. The van der Waals surface area contributed by atoms with Gasteiger partial charge in [0.15, 0.2) is 5.96 Å². The first-order valence-corrected chi connectivity index (χ1v) is 9.93. The number of hydrogen-bond donors (Lipinski definition) is 3. The maximum absolute atomic E-state index is 13.4. The van der Waals surface area contributed by atoms with Gasteiger partial charge in [-0.3, -0.25) is 4.79 Å². The molecule has 6 nitrogen and oxygen atoms in total. The maximum Gasteiger partial charge on any atom is 0.239 e. The summed E-state index contributed by atoms with van der Waals surface area (Å²) in [7, 11) is 0. The van der Waals surface area contributed by atoms with E-state index in [0.717, 1.165) is 29.9 Å². The Morgan fingerprint density at radius 2 is 1.90 bits per heavy atom. The fourth-order valence-electron chi connectivity index (χ4n) is 3.19. The summed E-state index contributed by atoms with van der Waals surface area (Å²) >= 11 is 0. The molecule has 0 aliphatic carbocycles. The van der Waals surface area contributed by atoms with Crippen LogP contribution in [0.1, 0.15) is 23.6 Å². The average molecular weight is 525 g/mol. The van der Waals surface area contributed by atoms with E-state index in [0.29, 0.717) is 37.7 Å². The van der Waals surface area contributed by atoms with E-state index in [-0.39, 0.29) is 35.7 Å². The number of carbonyl (C=O) groups is 1. The topological polar surface area (TPSA) is 68.8 Å². The highest BCUT2D eigenvalue weighted by Gasteiger charge is 2.16. The molecule has 0 aromatic heterocycles. The molecule has 0 radical (unpaired) electrons. The molecule has 162 valence electrons. The second-order valence-corrected chi connectivity index (χ2v) is 7.07. The Hall–Kier alpha value is -2.36. The van der Waals surface area contributed by atoms with Crippen LogP contribution < -0.4 is 20.9 Å². The number of piperazine rings is 1. The SMILES string of the molecule is CCNC(=NCc1ccc(F)c(C)c1)NCc1ccc(N2CCNC(=O)C2)cc1.I. The van der Waals surface area contributed by atoms with E-state index in [1.54, 1.807) is 13.0 Å². The minimum Gasteiger partial charge on any atom is -0.360 e. The van der Waals surface area contributed by atoms with Gasteiger partial charge in [0.05, 0.1) is 13.1 Å². The first-order valence-electron chi connectivity index (χ1n) is 9.93. The van der Waals surface area contributed by atoms with Crippen molar-refractivity contribution in [3.63, 3.8) is 0 Å². The van der Waals surface area contributed by atoms with Crippen molar-refractivity contribution in [2.24, 2.45) is 4.99 Å². The molecule has 0 spiro atoms. The lowest BCUT2D eigenvalue weighted by molar-refractivity contribution is -0.120. The summed E-state index contributed by atoms with van der Waals surface area (Å²) in [5, 5.41) is 9.39. The molecule has 1 aliphatic rings. The Morgan fingerprint density at radius 1 is 1.17 bits per heavy atom. The summed E-state index contributed by atoms with van der Waals surface area (Å²) in [5.74, 6) is 0.576. The molecule has 0 atom stereocenters. The minimum atomic E-state index is -0.198. The number of aliphatic imine (C=N–C) groups is 1. The Kier molecular flexibility index (Phi) is 9.35. The number of nitrogens with zero attached hydrogens (tertiary/aromatic N) is 2. The lowest BCUT2D eigenvalue weighted by atomic mass is 10.1. The predicted octanol–water partition coefficient (Wildman–Crippen LogP) is 2.94. The highest BCUT2D eigenvalue weighted by Crippen LogP contribution is 2.16. The molecule has 1 saturated heterocycles. The fraction of sp³-hybridized carbons (Fsp3) is 0.364. The van der Waals surface area contributed by atoms with Crippen molar-refractivity contribution in [2.45, 2.75) is 26.9 Å². The van der Waals surface area contributed by atoms with Crippen LogP contribution in [0.3, 0.4) is 0 Å². The monoisotopic (exact) mass is 525 g/mol.